The molecule has 1 N–H and O–H groups in total. The number of benzene rings is 2. The first kappa shape index (κ1) is 25.5. The van der Waals surface area contributed by atoms with E-state index >= 15 is 0 Å². The number of ether oxygens (including phenoxy) is 3. The van der Waals surface area contributed by atoms with Gasteiger partial charge in [0.1, 0.15) is 22.6 Å². The van der Waals surface area contributed by atoms with Gasteiger partial charge in [0.15, 0.2) is 5.75 Å². The van der Waals surface area contributed by atoms with E-state index in [1.807, 2.05) is 13.8 Å². The molecule has 2 aromatic rings. The van der Waals surface area contributed by atoms with Crippen LogP contribution in [0.4, 0.5) is 0 Å². The van der Waals surface area contributed by atoms with Crippen molar-refractivity contribution in [3.8, 4) is 17.2 Å². The van der Waals surface area contributed by atoms with Gasteiger partial charge in [-0.2, -0.15) is 0 Å². The van der Waals surface area contributed by atoms with E-state index in [0.717, 1.165) is 5.75 Å². The number of carbonyl (C=O) groups excluding carboxylic acids is 1. The summed E-state index contributed by atoms with van der Waals surface area (Å²) in [5, 5.41) is 3.48. The van der Waals surface area contributed by atoms with Gasteiger partial charge in [0.25, 0.3) is 5.91 Å². The van der Waals surface area contributed by atoms with Crippen LogP contribution in [0.5, 0.6) is 17.2 Å². The van der Waals surface area contributed by atoms with Crippen molar-refractivity contribution in [2.45, 2.75) is 26.4 Å². The Labute approximate surface area is 202 Å². The van der Waals surface area contributed by atoms with Crippen LogP contribution in [0, 0.1) is 0 Å². The zero-order valence-electron chi connectivity index (χ0n) is 17.1. The van der Waals surface area contributed by atoms with Crippen molar-refractivity contribution in [1.29, 1.82) is 0 Å². The van der Waals surface area contributed by atoms with Gasteiger partial charge in [0.05, 0.1) is 22.8 Å². The van der Waals surface area contributed by atoms with Crippen molar-refractivity contribution < 1.29 is 19.0 Å². The minimum Gasteiger partial charge on any atom is -0.491 e. The largest absolute Gasteiger partial charge is 0.491 e. The SMILES string of the molecule is CC(C)Oc1ccc(C(=O)NCCCOc2c(Cl)cc(OCC=C(Cl)Cl)cc2Cl)cc1. The number of amides is 1. The topological polar surface area (TPSA) is 56.8 Å². The van der Waals surface area contributed by atoms with E-state index in [-0.39, 0.29) is 23.1 Å². The van der Waals surface area contributed by atoms with E-state index in [4.69, 9.17) is 60.6 Å². The van der Waals surface area contributed by atoms with Crippen molar-refractivity contribution in [1.82, 2.24) is 5.32 Å². The molecule has 0 saturated carbocycles. The number of nitrogens with one attached hydrogen (secondary N) is 1. The third kappa shape index (κ3) is 9.08. The van der Waals surface area contributed by atoms with E-state index in [2.05, 4.69) is 5.32 Å². The van der Waals surface area contributed by atoms with E-state index in [1.165, 1.54) is 6.08 Å². The number of hydrogen-bond donors (Lipinski definition) is 1. The molecule has 0 aromatic heterocycles. The van der Waals surface area contributed by atoms with Crippen molar-refractivity contribution in [2.24, 2.45) is 0 Å². The van der Waals surface area contributed by atoms with Gasteiger partial charge in [-0.25, -0.2) is 0 Å². The van der Waals surface area contributed by atoms with Crippen molar-refractivity contribution >= 4 is 52.3 Å². The predicted molar refractivity (Wildman–Crippen MR) is 126 cm³/mol. The Morgan fingerprint density at radius 2 is 1.68 bits per heavy atom. The zero-order chi connectivity index (χ0) is 22.8. The smallest absolute Gasteiger partial charge is 0.251 e. The molecule has 5 nitrogen and oxygen atoms in total. The highest BCUT2D eigenvalue weighted by molar-refractivity contribution is 6.55. The Kier molecular flexibility index (Phi) is 10.6. The summed E-state index contributed by atoms with van der Waals surface area (Å²) in [6.07, 6.45) is 2.15. The normalized spacial score (nSPS) is 10.5. The summed E-state index contributed by atoms with van der Waals surface area (Å²) in [7, 11) is 0. The lowest BCUT2D eigenvalue weighted by Gasteiger charge is -2.13. The Morgan fingerprint density at radius 1 is 1.03 bits per heavy atom. The number of halogens is 4. The predicted octanol–water partition coefficient (Wildman–Crippen LogP) is 6.68. The summed E-state index contributed by atoms with van der Waals surface area (Å²) in [6.45, 7) is 4.84. The quantitative estimate of drug-likeness (QED) is 0.345. The molecule has 0 aliphatic rings. The molecule has 1 amide bonds. The van der Waals surface area contributed by atoms with Gasteiger partial charge in [-0.3, -0.25) is 4.79 Å². The molecule has 2 aromatic carbocycles. The molecule has 168 valence electrons. The third-order valence-corrected chi connectivity index (χ3v) is 4.67. The summed E-state index contributed by atoms with van der Waals surface area (Å²) >= 11 is 23.5. The van der Waals surface area contributed by atoms with E-state index in [1.54, 1.807) is 36.4 Å². The van der Waals surface area contributed by atoms with Crippen LogP contribution in [0.25, 0.3) is 0 Å². The highest BCUT2D eigenvalue weighted by atomic mass is 35.5. The van der Waals surface area contributed by atoms with Crippen LogP contribution < -0.4 is 19.5 Å². The lowest BCUT2D eigenvalue weighted by atomic mass is 10.2. The highest BCUT2D eigenvalue weighted by Gasteiger charge is 2.11. The number of rotatable bonds is 11. The van der Waals surface area contributed by atoms with E-state index in [9.17, 15) is 4.79 Å². The van der Waals surface area contributed by atoms with Crippen LogP contribution in [0.2, 0.25) is 10.0 Å². The van der Waals surface area contributed by atoms with Gasteiger partial charge in [-0.1, -0.05) is 46.4 Å². The first-order valence-electron chi connectivity index (χ1n) is 9.57. The summed E-state index contributed by atoms with van der Waals surface area (Å²) in [4.78, 5) is 12.2. The summed E-state index contributed by atoms with van der Waals surface area (Å²) in [5.74, 6) is 1.38. The molecule has 0 spiro atoms. The monoisotopic (exact) mass is 505 g/mol. The van der Waals surface area contributed by atoms with Crippen LogP contribution in [0.1, 0.15) is 30.6 Å². The van der Waals surface area contributed by atoms with Gasteiger partial charge in [-0.15, -0.1) is 0 Å². The van der Waals surface area contributed by atoms with Gasteiger partial charge < -0.3 is 19.5 Å². The molecule has 0 unspecified atom stereocenters. The molecule has 0 atom stereocenters. The van der Waals surface area contributed by atoms with Crippen LogP contribution in [0.15, 0.2) is 47.0 Å². The molecule has 9 heteroatoms. The average molecular weight is 507 g/mol. The summed E-state index contributed by atoms with van der Waals surface area (Å²) in [6, 6.07) is 10.2. The fraction of sp³-hybridized carbons (Fsp3) is 0.318. The molecule has 0 bridgehead atoms. The molecule has 0 fully saturated rings. The van der Waals surface area contributed by atoms with Crippen molar-refractivity contribution in [3.63, 3.8) is 0 Å². The molecular weight excluding hydrogens is 484 g/mol. The Morgan fingerprint density at radius 3 is 2.26 bits per heavy atom. The molecular formula is C22H23Cl4NO4. The second-order valence-corrected chi connectivity index (χ2v) is 8.49. The first-order valence-corrected chi connectivity index (χ1v) is 11.1. The molecule has 31 heavy (non-hydrogen) atoms. The van der Waals surface area contributed by atoms with Crippen LogP contribution in [-0.4, -0.2) is 31.8 Å². The van der Waals surface area contributed by atoms with Crippen molar-refractivity contribution in [3.05, 3.63) is 62.6 Å². The number of carbonyl (C=O) groups is 1. The maximum atomic E-state index is 12.2. The maximum absolute atomic E-state index is 12.2. The first-order chi connectivity index (χ1) is 14.8. The Bertz CT molecular complexity index is 874. The van der Waals surface area contributed by atoms with Crippen LogP contribution in [-0.2, 0) is 0 Å². The molecule has 0 aliphatic carbocycles. The lowest BCUT2D eigenvalue weighted by Crippen LogP contribution is -2.25. The number of hydrogen-bond acceptors (Lipinski definition) is 4. The van der Waals surface area contributed by atoms with Crippen LogP contribution >= 0.6 is 46.4 Å². The Hall–Kier alpha value is -1.79. The fourth-order valence-electron chi connectivity index (χ4n) is 2.47. The summed E-state index contributed by atoms with van der Waals surface area (Å²) in [5.41, 5.74) is 0.559. The van der Waals surface area contributed by atoms with Gasteiger partial charge in [0, 0.05) is 24.2 Å². The average Bonchev–Trinajstić information content (AvgIpc) is 2.69. The zero-order valence-corrected chi connectivity index (χ0v) is 20.1. The molecule has 0 radical (unpaired) electrons. The highest BCUT2D eigenvalue weighted by Crippen LogP contribution is 2.37. The second kappa shape index (κ2) is 12.9. The molecule has 2 rings (SSSR count). The lowest BCUT2D eigenvalue weighted by molar-refractivity contribution is 0.0951. The third-order valence-electron chi connectivity index (χ3n) is 3.80. The summed E-state index contributed by atoms with van der Waals surface area (Å²) < 4.78 is 16.8. The minimum atomic E-state index is -0.167. The van der Waals surface area contributed by atoms with Gasteiger partial charge in [0.2, 0.25) is 0 Å². The van der Waals surface area contributed by atoms with E-state index in [0.29, 0.717) is 46.7 Å². The molecule has 0 heterocycles. The fourth-order valence-corrected chi connectivity index (χ4v) is 3.17. The Balaban J connectivity index is 1.77. The second-order valence-electron chi connectivity index (χ2n) is 6.67. The van der Waals surface area contributed by atoms with Crippen molar-refractivity contribution in [2.75, 3.05) is 19.8 Å². The maximum Gasteiger partial charge on any atom is 0.251 e. The molecule has 0 saturated heterocycles. The standard InChI is InChI=1S/C22H23Cl4NO4/c1-14(2)31-16-6-4-15(5-7-16)22(28)27-9-3-10-30-21-18(23)12-17(13-19(21)24)29-11-8-20(25)26/h4-8,12-14H,3,9-11H2,1-2H3,(H,27,28). The minimum absolute atomic E-state index is 0.0811. The molecule has 0 aliphatic heterocycles. The van der Waals surface area contributed by atoms with E-state index < -0.39 is 0 Å². The van der Waals surface area contributed by atoms with Gasteiger partial charge in [-0.05, 0) is 50.6 Å². The van der Waals surface area contributed by atoms with Crippen LogP contribution in [0.3, 0.4) is 0 Å². The van der Waals surface area contributed by atoms with Gasteiger partial charge >= 0.3 is 0 Å².